The molecule has 8 nitrogen and oxygen atoms in total. The Morgan fingerprint density at radius 3 is 2.31 bits per heavy atom. The molecule has 1 amide bonds. The van der Waals surface area contributed by atoms with E-state index in [4.69, 9.17) is 9.47 Å². The Morgan fingerprint density at radius 2 is 1.67 bits per heavy atom. The molecule has 0 saturated carbocycles. The number of hydrogen-bond donors (Lipinski definition) is 0. The van der Waals surface area contributed by atoms with Crippen molar-refractivity contribution in [3.8, 4) is 11.5 Å². The number of fused-ring (bicyclic) bond motifs is 2. The Kier molecular flexibility index (Phi) is 6.55. The summed E-state index contributed by atoms with van der Waals surface area (Å²) in [5, 5.41) is 0. The summed E-state index contributed by atoms with van der Waals surface area (Å²) in [6.45, 7) is 5.67. The van der Waals surface area contributed by atoms with Gasteiger partial charge in [-0.3, -0.25) is 9.10 Å². The Balaban J connectivity index is 1.46. The molecule has 2 heterocycles. The number of aromatic nitrogens is 1. The molecule has 186 valence electrons. The van der Waals surface area contributed by atoms with Crippen molar-refractivity contribution < 1.29 is 22.7 Å². The predicted octanol–water partition coefficient (Wildman–Crippen LogP) is 4.45. The van der Waals surface area contributed by atoms with Gasteiger partial charge in [-0.15, -0.1) is 0 Å². The molecule has 10 heteroatoms. The molecule has 3 aromatic carbocycles. The predicted molar refractivity (Wildman–Crippen MR) is 139 cm³/mol. The van der Waals surface area contributed by atoms with E-state index in [1.54, 1.807) is 31.2 Å². The number of nitrogens with zero attached hydrogens (tertiary/aromatic N) is 3. The number of sulfonamides is 1. The van der Waals surface area contributed by atoms with Crippen LogP contribution in [0.5, 0.6) is 11.5 Å². The second-order valence-electron chi connectivity index (χ2n) is 8.04. The van der Waals surface area contributed by atoms with E-state index in [1.165, 1.54) is 39.9 Å². The monoisotopic (exact) mass is 523 g/mol. The number of amides is 1. The number of hydrogen-bond acceptors (Lipinski definition) is 6. The van der Waals surface area contributed by atoms with Gasteiger partial charge in [-0.05, 0) is 50.2 Å². The molecule has 0 radical (unpaired) electrons. The molecular weight excluding hydrogens is 498 g/mol. The molecule has 0 spiro atoms. The normalized spacial score (nSPS) is 13.7. The van der Waals surface area contributed by atoms with E-state index in [-0.39, 0.29) is 11.4 Å². The number of anilines is 1. The van der Waals surface area contributed by atoms with Gasteiger partial charge < -0.3 is 14.0 Å². The van der Waals surface area contributed by atoms with Crippen LogP contribution in [-0.4, -0.2) is 38.7 Å². The topological polar surface area (TPSA) is 90.2 Å². The van der Waals surface area contributed by atoms with Gasteiger partial charge in [0, 0.05) is 30.8 Å². The van der Waals surface area contributed by atoms with Crippen LogP contribution in [0.4, 0.5) is 5.69 Å². The number of para-hydroxylation sites is 1. The molecule has 0 aliphatic carbocycles. The zero-order valence-corrected chi connectivity index (χ0v) is 21.5. The first-order valence-electron chi connectivity index (χ1n) is 11.6. The number of thiazole rings is 1. The van der Waals surface area contributed by atoms with Gasteiger partial charge in [0.15, 0.2) is 16.3 Å². The molecule has 0 fully saturated rings. The van der Waals surface area contributed by atoms with Gasteiger partial charge in [0.25, 0.3) is 15.9 Å². The van der Waals surface area contributed by atoms with Crippen molar-refractivity contribution in [2.45, 2.75) is 25.3 Å². The Hall–Kier alpha value is -3.63. The lowest BCUT2D eigenvalue weighted by Crippen LogP contribution is -2.30. The smallest absolute Gasteiger partial charge is 0.279 e. The third-order valence-electron chi connectivity index (χ3n) is 5.88. The average molecular weight is 524 g/mol. The van der Waals surface area contributed by atoms with Crippen molar-refractivity contribution in [2.75, 3.05) is 24.1 Å². The van der Waals surface area contributed by atoms with E-state index in [0.717, 1.165) is 10.2 Å². The summed E-state index contributed by atoms with van der Waals surface area (Å²) in [4.78, 5) is 18.0. The highest BCUT2D eigenvalue weighted by Gasteiger charge is 2.24. The lowest BCUT2D eigenvalue weighted by Gasteiger charge is -2.22. The standard InChI is InChI=1S/C26H25N3O5S2/c1-3-28-21-16-22-23(34-15-14-33-22)17-24(21)35-26(28)27-25(30)18-10-12-20(13-11-18)36(31,32)29(4-2)19-8-6-5-7-9-19/h5-13,16-17H,3-4,14-15H2,1-2H3. The molecule has 0 bridgehead atoms. The molecular formula is C26H25N3O5S2. The molecule has 1 aliphatic rings. The first kappa shape index (κ1) is 24.1. The van der Waals surface area contributed by atoms with E-state index < -0.39 is 15.9 Å². The van der Waals surface area contributed by atoms with Crippen molar-refractivity contribution in [1.29, 1.82) is 0 Å². The van der Waals surface area contributed by atoms with Gasteiger partial charge in [0.2, 0.25) is 0 Å². The van der Waals surface area contributed by atoms with Gasteiger partial charge in [-0.25, -0.2) is 8.42 Å². The average Bonchev–Trinajstić information content (AvgIpc) is 3.23. The number of benzene rings is 3. The lowest BCUT2D eigenvalue weighted by atomic mass is 10.2. The Bertz CT molecular complexity index is 1590. The number of carbonyl (C=O) groups excluding carboxylic acids is 1. The summed E-state index contributed by atoms with van der Waals surface area (Å²) in [5.41, 5.74) is 1.81. The number of carbonyl (C=O) groups is 1. The van der Waals surface area contributed by atoms with E-state index in [0.29, 0.717) is 47.3 Å². The molecule has 0 atom stereocenters. The van der Waals surface area contributed by atoms with Gasteiger partial charge in [-0.2, -0.15) is 4.99 Å². The van der Waals surface area contributed by atoms with Crippen LogP contribution in [0.1, 0.15) is 24.2 Å². The van der Waals surface area contributed by atoms with Crippen molar-refractivity contribution in [1.82, 2.24) is 4.57 Å². The van der Waals surface area contributed by atoms with Gasteiger partial charge in [-0.1, -0.05) is 29.5 Å². The van der Waals surface area contributed by atoms with Crippen LogP contribution < -0.4 is 18.6 Å². The SMILES string of the molecule is CCN(c1ccccc1)S(=O)(=O)c1ccc(C(=O)N=c2sc3cc4c(cc3n2CC)OCCO4)cc1. The van der Waals surface area contributed by atoms with E-state index in [1.807, 2.05) is 29.7 Å². The Morgan fingerprint density at radius 1 is 1.00 bits per heavy atom. The summed E-state index contributed by atoms with van der Waals surface area (Å²) in [6.07, 6.45) is 0. The largest absolute Gasteiger partial charge is 0.486 e. The van der Waals surface area contributed by atoms with Crippen LogP contribution >= 0.6 is 11.3 Å². The van der Waals surface area contributed by atoms with Gasteiger partial charge in [0.05, 0.1) is 20.8 Å². The zero-order chi connectivity index (χ0) is 25.3. The highest BCUT2D eigenvalue weighted by Crippen LogP contribution is 2.35. The van der Waals surface area contributed by atoms with Crippen molar-refractivity contribution in [3.63, 3.8) is 0 Å². The fourth-order valence-electron chi connectivity index (χ4n) is 4.13. The number of ether oxygens (including phenoxy) is 2. The molecule has 4 aromatic rings. The fourth-order valence-corrected chi connectivity index (χ4v) is 6.71. The van der Waals surface area contributed by atoms with Crippen LogP contribution in [0.2, 0.25) is 0 Å². The molecule has 36 heavy (non-hydrogen) atoms. The second kappa shape index (κ2) is 9.79. The molecule has 0 N–H and O–H groups in total. The van der Waals surface area contributed by atoms with E-state index in [2.05, 4.69) is 4.99 Å². The summed E-state index contributed by atoms with van der Waals surface area (Å²) in [7, 11) is -3.78. The second-order valence-corrected chi connectivity index (χ2v) is 10.9. The van der Waals surface area contributed by atoms with Gasteiger partial charge in [0.1, 0.15) is 13.2 Å². The number of aryl methyl sites for hydroxylation is 1. The molecule has 0 saturated heterocycles. The van der Waals surface area contributed by atoms with Crippen molar-refractivity contribution >= 4 is 43.2 Å². The fraction of sp³-hybridized carbons (Fsp3) is 0.231. The van der Waals surface area contributed by atoms with Crippen LogP contribution in [0, 0.1) is 0 Å². The molecule has 1 aromatic heterocycles. The van der Waals surface area contributed by atoms with Crippen LogP contribution in [0.15, 0.2) is 76.6 Å². The van der Waals surface area contributed by atoms with Crippen LogP contribution in [-0.2, 0) is 16.6 Å². The summed E-state index contributed by atoms with van der Waals surface area (Å²) in [6, 6.07) is 18.7. The highest BCUT2D eigenvalue weighted by atomic mass is 32.2. The first-order chi connectivity index (χ1) is 17.4. The maximum absolute atomic E-state index is 13.2. The molecule has 1 aliphatic heterocycles. The Labute approximate surface area is 213 Å². The maximum Gasteiger partial charge on any atom is 0.279 e. The van der Waals surface area contributed by atoms with Crippen LogP contribution in [0.25, 0.3) is 10.2 Å². The van der Waals surface area contributed by atoms with E-state index in [9.17, 15) is 13.2 Å². The minimum Gasteiger partial charge on any atom is -0.486 e. The van der Waals surface area contributed by atoms with E-state index >= 15 is 0 Å². The number of rotatable bonds is 6. The third kappa shape index (κ3) is 4.38. The maximum atomic E-state index is 13.2. The first-order valence-corrected chi connectivity index (χ1v) is 13.9. The third-order valence-corrected chi connectivity index (χ3v) is 8.84. The minimum absolute atomic E-state index is 0.112. The zero-order valence-electron chi connectivity index (χ0n) is 19.9. The van der Waals surface area contributed by atoms with Crippen molar-refractivity contribution in [2.24, 2.45) is 4.99 Å². The quantitative estimate of drug-likeness (QED) is 0.373. The van der Waals surface area contributed by atoms with Gasteiger partial charge >= 0.3 is 0 Å². The van der Waals surface area contributed by atoms with Crippen LogP contribution in [0.3, 0.4) is 0 Å². The summed E-state index contributed by atoms with van der Waals surface area (Å²) >= 11 is 1.39. The van der Waals surface area contributed by atoms with Crippen molar-refractivity contribution in [3.05, 3.63) is 77.1 Å². The summed E-state index contributed by atoms with van der Waals surface area (Å²) < 4.78 is 42.1. The molecule has 5 rings (SSSR count). The summed E-state index contributed by atoms with van der Waals surface area (Å²) in [5.74, 6) is 0.921. The lowest BCUT2D eigenvalue weighted by molar-refractivity contribution is 0.0997. The molecule has 0 unspecified atom stereocenters. The highest BCUT2D eigenvalue weighted by molar-refractivity contribution is 7.92. The minimum atomic E-state index is -3.78.